The fourth-order valence-electron chi connectivity index (χ4n) is 2.13. The first-order valence-corrected chi connectivity index (χ1v) is 7.08. The van der Waals surface area contributed by atoms with Gasteiger partial charge in [-0.25, -0.2) is 0 Å². The standard InChI is InChI=1S/C15H21N5O.2ClH/c1-3-20-10-18-19-13(20)9-17-15(21)11(2)14(16)12-7-5-4-6-8-12;;/h4-8,10-11,14H,3,9,16H2,1-2H3,(H,17,21);2*1H. The molecule has 2 unspecified atom stereocenters. The van der Waals surface area contributed by atoms with Gasteiger partial charge in [0.1, 0.15) is 6.33 Å². The number of hydrogen-bond donors (Lipinski definition) is 2. The van der Waals surface area contributed by atoms with Crippen molar-refractivity contribution in [2.45, 2.75) is 33.0 Å². The summed E-state index contributed by atoms with van der Waals surface area (Å²) in [6, 6.07) is 9.31. The van der Waals surface area contributed by atoms with Crippen molar-refractivity contribution in [2.75, 3.05) is 0 Å². The summed E-state index contributed by atoms with van der Waals surface area (Å²) < 4.78 is 1.89. The number of rotatable bonds is 6. The zero-order chi connectivity index (χ0) is 15.2. The molecule has 6 nitrogen and oxygen atoms in total. The summed E-state index contributed by atoms with van der Waals surface area (Å²) in [5.74, 6) is 0.341. The maximum Gasteiger partial charge on any atom is 0.225 e. The molecule has 3 N–H and O–H groups in total. The van der Waals surface area contributed by atoms with E-state index in [1.165, 1.54) is 0 Å². The third-order valence-electron chi connectivity index (χ3n) is 3.59. The molecule has 8 heteroatoms. The molecule has 128 valence electrons. The molecule has 0 saturated heterocycles. The molecule has 2 aromatic rings. The van der Waals surface area contributed by atoms with E-state index in [-0.39, 0.29) is 42.7 Å². The lowest BCUT2D eigenvalue weighted by Gasteiger charge is -2.19. The second-order valence-electron chi connectivity index (χ2n) is 4.98. The molecule has 0 spiro atoms. The van der Waals surface area contributed by atoms with Crippen LogP contribution in [-0.4, -0.2) is 20.7 Å². The van der Waals surface area contributed by atoms with E-state index in [0.717, 1.165) is 17.9 Å². The van der Waals surface area contributed by atoms with Gasteiger partial charge in [-0.2, -0.15) is 0 Å². The highest BCUT2D eigenvalue weighted by molar-refractivity contribution is 5.85. The van der Waals surface area contributed by atoms with Gasteiger partial charge in [0.25, 0.3) is 0 Å². The monoisotopic (exact) mass is 359 g/mol. The number of nitrogens with two attached hydrogens (primary N) is 1. The number of nitrogens with zero attached hydrogens (tertiary/aromatic N) is 3. The Bertz CT molecular complexity index is 591. The minimum Gasteiger partial charge on any atom is -0.349 e. The van der Waals surface area contributed by atoms with Crippen LogP contribution in [0.3, 0.4) is 0 Å². The summed E-state index contributed by atoms with van der Waals surface area (Å²) in [6.45, 7) is 4.97. The average molecular weight is 360 g/mol. The Morgan fingerprint density at radius 2 is 1.96 bits per heavy atom. The predicted molar refractivity (Wildman–Crippen MR) is 94.6 cm³/mol. The molecule has 0 radical (unpaired) electrons. The summed E-state index contributed by atoms with van der Waals surface area (Å²) in [4.78, 5) is 12.2. The van der Waals surface area contributed by atoms with E-state index >= 15 is 0 Å². The molecule has 1 aromatic carbocycles. The van der Waals surface area contributed by atoms with Crippen LogP contribution in [0.1, 0.15) is 31.3 Å². The molecule has 1 aromatic heterocycles. The zero-order valence-corrected chi connectivity index (χ0v) is 14.8. The van der Waals surface area contributed by atoms with Crippen molar-refractivity contribution in [3.63, 3.8) is 0 Å². The van der Waals surface area contributed by atoms with Crippen molar-refractivity contribution < 1.29 is 4.79 Å². The highest BCUT2D eigenvalue weighted by Crippen LogP contribution is 2.19. The summed E-state index contributed by atoms with van der Waals surface area (Å²) in [6.07, 6.45) is 1.65. The fraction of sp³-hybridized carbons (Fsp3) is 0.400. The van der Waals surface area contributed by atoms with Gasteiger partial charge in [-0.3, -0.25) is 4.79 Å². The van der Waals surface area contributed by atoms with Gasteiger partial charge in [0.05, 0.1) is 12.5 Å². The van der Waals surface area contributed by atoms with E-state index in [1.807, 2.05) is 48.7 Å². The molecule has 2 atom stereocenters. The van der Waals surface area contributed by atoms with Crippen LogP contribution in [-0.2, 0) is 17.9 Å². The Hall–Kier alpha value is -1.63. The summed E-state index contributed by atoms with van der Waals surface area (Å²) in [7, 11) is 0. The third kappa shape index (κ3) is 5.49. The average Bonchev–Trinajstić information content (AvgIpc) is 2.99. The smallest absolute Gasteiger partial charge is 0.225 e. The van der Waals surface area contributed by atoms with E-state index in [0.29, 0.717) is 6.54 Å². The minimum atomic E-state index is -0.324. The van der Waals surface area contributed by atoms with Gasteiger partial charge in [-0.1, -0.05) is 37.3 Å². The Morgan fingerprint density at radius 1 is 1.30 bits per heavy atom. The van der Waals surface area contributed by atoms with Crippen molar-refractivity contribution in [3.8, 4) is 0 Å². The van der Waals surface area contributed by atoms with E-state index in [2.05, 4.69) is 15.5 Å². The number of benzene rings is 1. The van der Waals surface area contributed by atoms with Crippen molar-refractivity contribution >= 4 is 30.7 Å². The molecular formula is C15H23Cl2N5O. The normalized spacial score (nSPS) is 12.5. The van der Waals surface area contributed by atoms with Gasteiger partial charge in [-0.05, 0) is 12.5 Å². The topological polar surface area (TPSA) is 85.8 Å². The van der Waals surface area contributed by atoms with Crippen LogP contribution in [0, 0.1) is 5.92 Å². The lowest BCUT2D eigenvalue weighted by Crippen LogP contribution is -2.35. The maximum atomic E-state index is 12.2. The molecule has 0 aliphatic heterocycles. The number of amides is 1. The Kier molecular flexibility index (Phi) is 9.48. The largest absolute Gasteiger partial charge is 0.349 e. The Balaban J connectivity index is 0.00000242. The van der Waals surface area contributed by atoms with Crippen molar-refractivity contribution in [1.29, 1.82) is 0 Å². The second kappa shape index (κ2) is 10.2. The number of carbonyl (C=O) groups is 1. The molecule has 0 saturated carbocycles. The first-order chi connectivity index (χ1) is 10.1. The molecule has 1 heterocycles. The van der Waals surface area contributed by atoms with Gasteiger partial charge >= 0.3 is 0 Å². The van der Waals surface area contributed by atoms with Crippen LogP contribution in [0.2, 0.25) is 0 Å². The van der Waals surface area contributed by atoms with Gasteiger partial charge in [0.15, 0.2) is 5.82 Å². The van der Waals surface area contributed by atoms with Crippen molar-refractivity contribution in [1.82, 2.24) is 20.1 Å². The molecule has 0 aliphatic rings. The number of halogens is 2. The molecule has 0 fully saturated rings. The molecular weight excluding hydrogens is 337 g/mol. The third-order valence-corrected chi connectivity index (χ3v) is 3.59. The van der Waals surface area contributed by atoms with Gasteiger partial charge in [0.2, 0.25) is 5.91 Å². The molecule has 1 amide bonds. The number of hydrogen-bond acceptors (Lipinski definition) is 4. The van der Waals surface area contributed by atoms with E-state index in [1.54, 1.807) is 6.33 Å². The van der Waals surface area contributed by atoms with Crippen molar-refractivity contribution in [3.05, 3.63) is 48.0 Å². The van der Waals surface area contributed by atoms with Crippen LogP contribution < -0.4 is 11.1 Å². The first-order valence-electron chi connectivity index (χ1n) is 7.08. The van der Waals surface area contributed by atoms with Gasteiger partial charge < -0.3 is 15.6 Å². The molecule has 2 rings (SSSR count). The van der Waals surface area contributed by atoms with Crippen LogP contribution in [0.15, 0.2) is 36.7 Å². The summed E-state index contributed by atoms with van der Waals surface area (Å²) in [5.41, 5.74) is 7.11. The van der Waals surface area contributed by atoms with Crippen LogP contribution in [0.25, 0.3) is 0 Å². The Morgan fingerprint density at radius 3 is 2.57 bits per heavy atom. The number of carbonyl (C=O) groups excluding carboxylic acids is 1. The number of nitrogens with one attached hydrogen (secondary N) is 1. The van der Waals surface area contributed by atoms with Crippen molar-refractivity contribution in [2.24, 2.45) is 11.7 Å². The molecule has 0 bridgehead atoms. The van der Waals surface area contributed by atoms with E-state index < -0.39 is 0 Å². The fourth-order valence-corrected chi connectivity index (χ4v) is 2.13. The SMILES string of the molecule is CCn1cnnc1CNC(=O)C(C)C(N)c1ccccc1.Cl.Cl. The van der Waals surface area contributed by atoms with Gasteiger partial charge in [0, 0.05) is 12.6 Å². The lowest BCUT2D eigenvalue weighted by molar-refractivity contribution is -0.125. The maximum absolute atomic E-state index is 12.2. The van der Waals surface area contributed by atoms with E-state index in [4.69, 9.17) is 5.73 Å². The summed E-state index contributed by atoms with van der Waals surface area (Å²) >= 11 is 0. The van der Waals surface area contributed by atoms with Crippen LogP contribution in [0.5, 0.6) is 0 Å². The van der Waals surface area contributed by atoms with Crippen LogP contribution in [0.4, 0.5) is 0 Å². The number of aromatic nitrogens is 3. The highest BCUT2D eigenvalue weighted by atomic mass is 35.5. The first kappa shape index (κ1) is 21.4. The van der Waals surface area contributed by atoms with Gasteiger partial charge in [-0.15, -0.1) is 35.0 Å². The zero-order valence-electron chi connectivity index (χ0n) is 13.2. The highest BCUT2D eigenvalue weighted by Gasteiger charge is 2.22. The lowest BCUT2D eigenvalue weighted by atomic mass is 9.95. The Labute approximate surface area is 148 Å². The van der Waals surface area contributed by atoms with E-state index in [9.17, 15) is 4.79 Å². The summed E-state index contributed by atoms with van der Waals surface area (Å²) in [5, 5.41) is 10.7. The minimum absolute atomic E-state index is 0. The molecule has 23 heavy (non-hydrogen) atoms. The number of aryl methyl sites for hydroxylation is 1. The quantitative estimate of drug-likeness (QED) is 0.826. The molecule has 0 aliphatic carbocycles. The second-order valence-corrected chi connectivity index (χ2v) is 4.98. The predicted octanol–water partition coefficient (Wildman–Crippen LogP) is 2.09. The van der Waals surface area contributed by atoms with Crippen LogP contribution >= 0.6 is 24.8 Å².